The fourth-order valence-corrected chi connectivity index (χ4v) is 1.99. The summed E-state index contributed by atoms with van der Waals surface area (Å²) in [4.78, 5) is 11.3. The lowest BCUT2D eigenvalue weighted by Crippen LogP contribution is -2.16. The first-order valence-corrected chi connectivity index (χ1v) is 6.79. The Morgan fingerprint density at radius 3 is 2.89 bits per heavy atom. The number of ether oxygens (including phenoxy) is 1. The summed E-state index contributed by atoms with van der Waals surface area (Å²) in [6.07, 6.45) is 2.38. The van der Waals surface area contributed by atoms with Crippen molar-refractivity contribution in [3.63, 3.8) is 0 Å². The highest BCUT2D eigenvalue weighted by Crippen LogP contribution is 2.15. The number of methoxy groups -OCH3 is 1. The van der Waals surface area contributed by atoms with Gasteiger partial charge >= 0.3 is 5.97 Å². The van der Waals surface area contributed by atoms with E-state index >= 15 is 0 Å². The zero-order valence-corrected chi connectivity index (χ0v) is 12.6. The molecule has 0 saturated heterocycles. The fourth-order valence-electron chi connectivity index (χ4n) is 1.58. The normalized spacial score (nSPS) is 11.5. The maximum Gasteiger partial charge on any atom is 0.333 e. The minimum absolute atomic E-state index is 0.247. The largest absolute Gasteiger partial charge is 0.466 e. The highest BCUT2D eigenvalue weighted by molar-refractivity contribution is 9.10. The molecule has 0 saturated carbocycles. The van der Waals surface area contributed by atoms with E-state index in [1.807, 2.05) is 6.92 Å². The number of halogens is 2. The molecule has 1 N–H and O–H groups in total. The van der Waals surface area contributed by atoms with Crippen LogP contribution in [-0.2, 0) is 16.1 Å². The molecule has 0 aromatic heterocycles. The Hall–Kier alpha value is -1.20. The van der Waals surface area contributed by atoms with Gasteiger partial charge in [0.15, 0.2) is 0 Å². The molecule has 0 spiro atoms. The zero-order valence-electron chi connectivity index (χ0n) is 11.0. The van der Waals surface area contributed by atoms with E-state index < -0.39 is 0 Å². The van der Waals surface area contributed by atoms with Gasteiger partial charge in [-0.3, -0.25) is 0 Å². The number of carbonyl (C=O) groups excluding carboxylic acids is 1. The Kier molecular flexibility index (Phi) is 6.73. The second-order valence-electron chi connectivity index (χ2n) is 3.94. The molecule has 0 fully saturated rings. The topological polar surface area (TPSA) is 38.3 Å². The third-order valence-electron chi connectivity index (χ3n) is 2.64. The number of rotatable bonds is 6. The first-order chi connectivity index (χ1) is 9.08. The molecule has 0 aliphatic heterocycles. The van der Waals surface area contributed by atoms with Gasteiger partial charge in [0.1, 0.15) is 5.82 Å². The average Bonchev–Trinajstić information content (AvgIpc) is 2.41. The van der Waals surface area contributed by atoms with Gasteiger partial charge in [0.2, 0.25) is 0 Å². The molecule has 1 aromatic rings. The SMILES string of the molecule is CC/C(=C/CNCc1cc(Br)ccc1F)C(=O)OC. The minimum atomic E-state index is -0.321. The first kappa shape index (κ1) is 15.9. The van der Waals surface area contributed by atoms with Crippen LogP contribution in [0, 0.1) is 5.82 Å². The summed E-state index contributed by atoms with van der Waals surface area (Å²) in [7, 11) is 1.36. The molecule has 0 heterocycles. The first-order valence-electron chi connectivity index (χ1n) is 6.00. The predicted octanol–water partition coefficient (Wildman–Crippen LogP) is 3.19. The summed E-state index contributed by atoms with van der Waals surface area (Å²) in [6.45, 7) is 2.78. The van der Waals surface area contributed by atoms with Gasteiger partial charge in [0, 0.05) is 28.7 Å². The highest BCUT2D eigenvalue weighted by atomic mass is 79.9. The maximum absolute atomic E-state index is 13.5. The van der Waals surface area contributed by atoms with Crippen molar-refractivity contribution in [2.45, 2.75) is 19.9 Å². The van der Waals surface area contributed by atoms with Crippen LogP contribution in [0.15, 0.2) is 34.3 Å². The van der Waals surface area contributed by atoms with Crippen molar-refractivity contribution in [2.75, 3.05) is 13.7 Å². The van der Waals surface area contributed by atoms with Gasteiger partial charge in [-0.1, -0.05) is 28.9 Å². The second-order valence-corrected chi connectivity index (χ2v) is 4.86. The van der Waals surface area contributed by atoms with Gasteiger partial charge in [-0.05, 0) is 24.6 Å². The van der Waals surface area contributed by atoms with E-state index in [4.69, 9.17) is 0 Å². The lowest BCUT2D eigenvalue weighted by Gasteiger charge is -2.06. The molecule has 3 nitrogen and oxygen atoms in total. The second kappa shape index (κ2) is 8.07. The van der Waals surface area contributed by atoms with Crippen LogP contribution in [0.25, 0.3) is 0 Å². The van der Waals surface area contributed by atoms with E-state index in [9.17, 15) is 9.18 Å². The summed E-state index contributed by atoms with van der Waals surface area (Å²) in [5, 5.41) is 3.07. The average molecular weight is 330 g/mol. The Morgan fingerprint density at radius 1 is 1.53 bits per heavy atom. The number of nitrogens with one attached hydrogen (secondary N) is 1. The summed E-state index contributed by atoms with van der Waals surface area (Å²) in [5.41, 5.74) is 1.20. The highest BCUT2D eigenvalue weighted by Gasteiger charge is 2.06. The number of esters is 1. The summed E-state index contributed by atoms with van der Waals surface area (Å²) >= 11 is 3.30. The Morgan fingerprint density at radius 2 is 2.26 bits per heavy atom. The number of hydrogen-bond acceptors (Lipinski definition) is 3. The summed E-state index contributed by atoms with van der Waals surface area (Å²) < 4.78 is 18.9. The maximum atomic E-state index is 13.5. The van der Waals surface area contributed by atoms with Crippen LogP contribution in [0.4, 0.5) is 4.39 Å². The molecule has 0 bridgehead atoms. The molecule has 0 radical (unpaired) electrons. The minimum Gasteiger partial charge on any atom is -0.466 e. The molecule has 0 amide bonds. The Labute approximate surface area is 121 Å². The molecular formula is C14H17BrFNO2. The summed E-state index contributed by atoms with van der Waals surface area (Å²) in [5.74, 6) is -0.568. The molecule has 1 aromatic carbocycles. The van der Waals surface area contributed by atoms with Crippen molar-refractivity contribution in [1.29, 1.82) is 0 Å². The van der Waals surface area contributed by atoms with Crippen LogP contribution < -0.4 is 5.32 Å². The smallest absolute Gasteiger partial charge is 0.333 e. The van der Waals surface area contributed by atoms with Crippen molar-refractivity contribution in [2.24, 2.45) is 0 Å². The van der Waals surface area contributed by atoms with E-state index in [1.54, 1.807) is 18.2 Å². The summed E-state index contributed by atoms with van der Waals surface area (Å²) in [6, 6.07) is 4.81. The van der Waals surface area contributed by atoms with E-state index in [2.05, 4.69) is 26.0 Å². The van der Waals surface area contributed by atoms with Crippen LogP contribution >= 0.6 is 15.9 Å². The van der Waals surface area contributed by atoms with Gasteiger partial charge in [0.05, 0.1) is 7.11 Å². The van der Waals surface area contributed by atoms with Crippen LogP contribution in [0.5, 0.6) is 0 Å². The fraction of sp³-hybridized carbons (Fsp3) is 0.357. The molecule has 19 heavy (non-hydrogen) atoms. The third-order valence-corrected chi connectivity index (χ3v) is 3.14. The van der Waals surface area contributed by atoms with Crippen molar-refractivity contribution < 1.29 is 13.9 Å². The number of hydrogen-bond donors (Lipinski definition) is 1. The molecule has 104 valence electrons. The van der Waals surface area contributed by atoms with Crippen LogP contribution in [0.3, 0.4) is 0 Å². The molecule has 0 aliphatic rings. The molecular weight excluding hydrogens is 313 g/mol. The van der Waals surface area contributed by atoms with E-state index in [0.29, 0.717) is 30.6 Å². The Balaban J connectivity index is 2.52. The number of benzene rings is 1. The van der Waals surface area contributed by atoms with Gasteiger partial charge in [-0.25, -0.2) is 9.18 Å². The van der Waals surface area contributed by atoms with Gasteiger partial charge < -0.3 is 10.1 Å². The molecule has 0 unspecified atom stereocenters. The predicted molar refractivity (Wildman–Crippen MR) is 76.2 cm³/mol. The van der Waals surface area contributed by atoms with Crippen molar-refractivity contribution in [3.8, 4) is 0 Å². The molecule has 5 heteroatoms. The number of carbonyl (C=O) groups is 1. The lowest BCUT2D eigenvalue weighted by molar-refractivity contribution is -0.136. The zero-order chi connectivity index (χ0) is 14.3. The van der Waals surface area contributed by atoms with Crippen molar-refractivity contribution in [3.05, 3.63) is 45.7 Å². The molecule has 0 atom stereocenters. The standard InChI is InChI=1S/C14H17BrFNO2/c1-3-10(14(18)19-2)6-7-17-9-11-8-12(15)4-5-13(11)16/h4-6,8,17H,3,7,9H2,1-2H3/b10-6-. The van der Waals surface area contributed by atoms with Crippen LogP contribution in [0.1, 0.15) is 18.9 Å². The van der Waals surface area contributed by atoms with Gasteiger partial charge in [-0.2, -0.15) is 0 Å². The van der Waals surface area contributed by atoms with E-state index in [1.165, 1.54) is 13.2 Å². The third kappa shape index (κ3) is 5.12. The molecule has 1 rings (SSSR count). The van der Waals surface area contributed by atoms with Gasteiger partial charge in [0.25, 0.3) is 0 Å². The van der Waals surface area contributed by atoms with E-state index in [-0.39, 0.29) is 11.8 Å². The monoisotopic (exact) mass is 329 g/mol. The molecule has 0 aliphatic carbocycles. The van der Waals surface area contributed by atoms with E-state index in [0.717, 1.165) is 4.47 Å². The van der Waals surface area contributed by atoms with Gasteiger partial charge in [-0.15, -0.1) is 0 Å². The van der Waals surface area contributed by atoms with Crippen LogP contribution in [0.2, 0.25) is 0 Å². The van der Waals surface area contributed by atoms with Crippen molar-refractivity contribution in [1.82, 2.24) is 5.32 Å². The van der Waals surface area contributed by atoms with Crippen LogP contribution in [-0.4, -0.2) is 19.6 Å². The quantitative estimate of drug-likeness (QED) is 0.495. The van der Waals surface area contributed by atoms with Crippen molar-refractivity contribution >= 4 is 21.9 Å². The lowest BCUT2D eigenvalue weighted by atomic mass is 10.2. The Bertz CT molecular complexity index is 475.